The highest BCUT2D eigenvalue weighted by atomic mass is 32.2. The fourth-order valence-corrected chi connectivity index (χ4v) is 3.69. The number of benzene rings is 2. The normalized spacial score (nSPS) is 11.9. The lowest BCUT2D eigenvalue weighted by Gasteiger charge is -2.22. The molecule has 2 aromatic carbocycles. The first-order valence-electron chi connectivity index (χ1n) is 8.77. The zero-order chi connectivity index (χ0) is 19.6. The number of aliphatic carboxylic acids is 1. The van der Waals surface area contributed by atoms with E-state index in [0.717, 1.165) is 16.9 Å². The van der Waals surface area contributed by atoms with Crippen LogP contribution in [0.2, 0.25) is 0 Å². The Kier molecular flexibility index (Phi) is 5.56. The van der Waals surface area contributed by atoms with E-state index in [9.17, 15) is 14.3 Å². The molecule has 142 valence electrons. The molecule has 1 aromatic heterocycles. The second-order valence-electron chi connectivity index (χ2n) is 7.51. The van der Waals surface area contributed by atoms with Gasteiger partial charge in [-0.05, 0) is 41.5 Å². The molecule has 0 aliphatic carbocycles. The summed E-state index contributed by atoms with van der Waals surface area (Å²) in [6.07, 6.45) is 2.58. The second kappa shape index (κ2) is 7.72. The number of hydrogen-bond acceptors (Lipinski definition) is 3. The van der Waals surface area contributed by atoms with Crippen LogP contribution in [0.25, 0.3) is 11.0 Å². The Hall–Kier alpha value is -2.34. The molecule has 0 unspecified atom stereocenters. The minimum Gasteiger partial charge on any atom is -0.481 e. The summed E-state index contributed by atoms with van der Waals surface area (Å²) >= 11 is 1.69. The van der Waals surface area contributed by atoms with Gasteiger partial charge in [-0.3, -0.25) is 4.79 Å². The summed E-state index contributed by atoms with van der Waals surface area (Å²) in [4.78, 5) is 17.0. The number of fused-ring (bicyclic) bond motifs is 1. The van der Waals surface area contributed by atoms with Gasteiger partial charge in [0.1, 0.15) is 11.6 Å². The maximum absolute atomic E-state index is 13.7. The lowest BCUT2D eigenvalue weighted by molar-refractivity contribution is -0.139. The fraction of sp³-hybridized carbons (Fsp3) is 0.333. The molecule has 0 atom stereocenters. The third-order valence-electron chi connectivity index (χ3n) is 4.56. The zero-order valence-electron chi connectivity index (χ0n) is 15.7. The predicted molar refractivity (Wildman–Crippen MR) is 107 cm³/mol. The maximum atomic E-state index is 13.7. The summed E-state index contributed by atoms with van der Waals surface area (Å²) in [7, 11) is 0. The van der Waals surface area contributed by atoms with E-state index in [1.165, 1.54) is 17.0 Å². The Balaban J connectivity index is 2.01. The number of rotatable bonds is 7. The molecule has 0 spiro atoms. The van der Waals surface area contributed by atoms with Gasteiger partial charge in [0.25, 0.3) is 0 Å². The number of thioether (sulfide) groups is 1. The van der Waals surface area contributed by atoms with E-state index in [4.69, 9.17) is 0 Å². The van der Waals surface area contributed by atoms with Gasteiger partial charge >= 0.3 is 5.97 Å². The van der Waals surface area contributed by atoms with E-state index in [1.807, 2.05) is 20.1 Å². The van der Waals surface area contributed by atoms with Crippen LogP contribution in [0.15, 0.2) is 47.4 Å². The predicted octanol–water partition coefficient (Wildman–Crippen LogP) is 4.99. The standard InChI is InChI=1S/C21H23FN2O2S/c1-21(2,12-20(25)26)11-19-23-17-10-15(22)6-9-18(17)24(19)13-14-4-7-16(27-3)8-5-14/h4-10H,11-13H2,1-3H3,(H,25,26). The topological polar surface area (TPSA) is 55.1 Å². The molecule has 1 heterocycles. The van der Waals surface area contributed by atoms with E-state index >= 15 is 0 Å². The number of carboxylic acid groups (broad SMARTS) is 1. The van der Waals surface area contributed by atoms with Gasteiger partial charge in [-0.25, -0.2) is 9.37 Å². The molecule has 0 saturated carbocycles. The first kappa shape index (κ1) is 19.4. The highest BCUT2D eigenvalue weighted by Crippen LogP contribution is 2.29. The molecule has 3 rings (SSSR count). The maximum Gasteiger partial charge on any atom is 0.303 e. The lowest BCUT2D eigenvalue weighted by Crippen LogP contribution is -2.22. The van der Waals surface area contributed by atoms with Gasteiger partial charge in [-0.1, -0.05) is 26.0 Å². The average molecular weight is 386 g/mol. The molecular weight excluding hydrogens is 363 g/mol. The monoisotopic (exact) mass is 386 g/mol. The number of carboxylic acids is 1. The Morgan fingerprint density at radius 2 is 1.93 bits per heavy atom. The molecule has 3 aromatic rings. The van der Waals surface area contributed by atoms with Crippen molar-refractivity contribution in [3.63, 3.8) is 0 Å². The summed E-state index contributed by atoms with van der Waals surface area (Å²) < 4.78 is 15.7. The van der Waals surface area contributed by atoms with Crippen molar-refractivity contribution in [2.45, 2.75) is 38.1 Å². The third kappa shape index (κ3) is 4.69. The van der Waals surface area contributed by atoms with E-state index in [1.54, 1.807) is 17.8 Å². The molecule has 0 fully saturated rings. The SMILES string of the molecule is CSc1ccc(Cn2c(CC(C)(C)CC(=O)O)nc3cc(F)ccc32)cc1. The Labute approximate surface area is 162 Å². The minimum atomic E-state index is -0.832. The van der Waals surface area contributed by atoms with Crippen LogP contribution in [0.5, 0.6) is 0 Å². The van der Waals surface area contributed by atoms with E-state index in [0.29, 0.717) is 18.5 Å². The number of carbonyl (C=O) groups is 1. The van der Waals surface area contributed by atoms with Crippen molar-refractivity contribution in [2.24, 2.45) is 5.41 Å². The molecule has 0 bridgehead atoms. The van der Waals surface area contributed by atoms with Crippen LogP contribution in [-0.4, -0.2) is 26.9 Å². The van der Waals surface area contributed by atoms with Crippen molar-refractivity contribution < 1.29 is 14.3 Å². The van der Waals surface area contributed by atoms with Crippen molar-refractivity contribution in [3.05, 3.63) is 59.7 Å². The lowest BCUT2D eigenvalue weighted by atomic mass is 9.85. The zero-order valence-corrected chi connectivity index (χ0v) is 16.5. The Morgan fingerprint density at radius 3 is 2.56 bits per heavy atom. The largest absolute Gasteiger partial charge is 0.481 e. The third-order valence-corrected chi connectivity index (χ3v) is 5.30. The summed E-state index contributed by atoms with van der Waals surface area (Å²) in [6.45, 7) is 4.44. The Bertz CT molecular complexity index is 964. The van der Waals surface area contributed by atoms with Crippen molar-refractivity contribution in [2.75, 3.05) is 6.26 Å². The number of hydrogen-bond donors (Lipinski definition) is 1. The second-order valence-corrected chi connectivity index (χ2v) is 8.39. The van der Waals surface area contributed by atoms with Crippen LogP contribution in [0.1, 0.15) is 31.7 Å². The molecule has 4 nitrogen and oxygen atoms in total. The molecule has 1 N–H and O–H groups in total. The summed E-state index contributed by atoms with van der Waals surface area (Å²) in [6, 6.07) is 12.9. The van der Waals surface area contributed by atoms with E-state index < -0.39 is 11.4 Å². The molecule has 0 radical (unpaired) electrons. The van der Waals surface area contributed by atoms with Gasteiger partial charge < -0.3 is 9.67 Å². The molecule has 27 heavy (non-hydrogen) atoms. The van der Waals surface area contributed by atoms with Gasteiger partial charge in [0.2, 0.25) is 0 Å². The van der Waals surface area contributed by atoms with Crippen LogP contribution < -0.4 is 0 Å². The number of aromatic nitrogens is 2. The molecular formula is C21H23FN2O2S. The molecule has 0 amide bonds. The first-order chi connectivity index (χ1) is 12.8. The van der Waals surface area contributed by atoms with Gasteiger partial charge in [0, 0.05) is 23.9 Å². The van der Waals surface area contributed by atoms with Crippen LogP contribution >= 0.6 is 11.8 Å². The van der Waals surface area contributed by atoms with E-state index in [-0.39, 0.29) is 12.2 Å². The summed E-state index contributed by atoms with van der Waals surface area (Å²) in [5.41, 5.74) is 2.11. The highest BCUT2D eigenvalue weighted by molar-refractivity contribution is 7.98. The van der Waals surface area contributed by atoms with Crippen molar-refractivity contribution in [1.29, 1.82) is 0 Å². The first-order valence-corrected chi connectivity index (χ1v) is 9.99. The van der Waals surface area contributed by atoms with Gasteiger partial charge in [-0.15, -0.1) is 11.8 Å². The van der Waals surface area contributed by atoms with Crippen LogP contribution in [0.3, 0.4) is 0 Å². The fourth-order valence-electron chi connectivity index (χ4n) is 3.28. The summed E-state index contributed by atoms with van der Waals surface area (Å²) in [5, 5.41) is 9.18. The quantitative estimate of drug-likeness (QED) is 0.581. The number of imidazole rings is 1. The van der Waals surface area contributed by atoms with Crippen LogP contribution in [0, 0.1) is 11.2 Å². The minimum absolute atomic E-state index is 0.0486. The average Bonchev–Trinajstić information content (AvgIpc) is 2.90. The van der Waals surface area contributed by atoms with Crippen molar-refractivity contribution >= 4 is 28.8 Å². The molecule has 6 heteroatoms. The van der Waals surface area contributed by atoms with Gasteiger partial charge in [0.15, 0.2) is 0 Å². The highest BCUT2D eigenvalue weighted by Gasteiger charge is 2.25. The number of halogens is 1. The van der Waals surface area contributed by atoms with Crippen LogP contribution in [-0.2, 0) is 17.8 Å². The van der Waals surface area contributed by atoms with Crippen molar-refractivity contribution in [3.8, 4) is 0 Å². The molecule has 0 aliphatic rings. The molecule has 0 saturated heterocycles. The van der Waals surface area contributed by atoms with Crippen LogP contribution in [0.4, 0.5) is 4.39 Å². The Morgan fingerprint density at radius 1 is 1.22 bits per heavy atom. The van der Waals surface area contributed by atoms with Crippen molar-refractivity contribution in [1.82, 2.24) is 9.55 Å². The van der Waals surface area contributed by atoms with Gasteiger partial charge in [-0.2, -0.15) is 0 Å². The smallest absolute Gasteiger partial charge is 0.303 e. The number of nitrogens with zero attached hydrogens (tertiary/aromatic N) is 2. The summed E-state index contributed by atoms with van der Waals surface area (Å²) in [5.74, 6) is -0.384. The van der Waals surface area contributed by atoms with Gasteiger partial charge in [0.05, 0.1) is 17.5 Å². The molecule has 0 aliphatic heterocycles. The van der Waals surface area contributed by atoms with E-state index in [2.05, 4.69) is 33.8 Å².